The summed E-state index contributed by atoms with van der Waals surface area (Å²) in [6, 6.07) is 0. The molecule has 0 amide bonds. The second-order valence-corrected chi connectivity index (χ2v) is 6.63. The Morgan fingerprint density at radius 2 is 1.88 bits per heavy atom. The molecule has 0 fully saturated rings. The summed E-state index contributed by atoms with van der Waals surface area (Å²) in [5, 5.41) is 0. The van der Waals surface area contributed by atoms with Crippen molar-refractivity contribution in [2.24, 2.45) is 0 Å². The van der Waals surface area contributed by atoms with Crippen LogP contribution < -0.4 is 0 Å². The molecule has 0 bridgehead atoms. The smallest absolute Gasteiger partial charge is 0.341 e. The molecular weight excluding hydrogens is 397 g/mol. The number of hydrogen-bond acceptors (Lipinski definition) is 3. The summed E-state index contributed by atoms with van der Waals surface area (Å²) in [4.78, 5) is 16.4. The molecule has 0 atom stereocenters. The molecule has 3 nitrogen and oxygen atoms in total. The number of pyridine rings is 1. The molecule has 1 aromatic rings. The lowest BCUT2D eigenvalue weighted by molar-refractivity contribution is 0.00670. The summed E-state index contributed by atoms with van der Waals surface area (Å²) in [6.45, 7) is 9.36. The van der Waals surface area contributed by atoms with Gasteiger partial charge in [-0.15, -0.1) is 0 Å². The van der Waals surface area contributed by atoms with Crippen molar-refractivity contribution in [1.82, 2.24) is 4.98 Å². The Labute approximate surface area is 124 Å². The van der Waals surface area contributed by atoms with Gasteiger partial charge >= 0.3 is 5.97 Å². The number of carbonyl (C=O) groups excluding carboxylic acids is 1. The van der Waals surface area contributed by atoms with Gasteiger partial charge in [0.1, 0.15) is 10.2 Å². The van der Waals surface area contributed by atoms with Crippen molar-refractivity contribution in [2.45, 2.75) is 40.2 Å². The fourth-order valence-corrected chi connectivity index (χ4v) is 2.47. The molecule has 0 aliphatic carbocycles. The second-order valence-electron chi connectivity index (χ2n) is 4.80. The van der Waals surface area contributed by atoms with E-state index in [9.17, 15) is 4.79 Å². The van der Waals surface area contributed by atoms with Gasteiger partial charge in [0.2, 0.25) is 0 Å². The summed E-state index contributed by atoms with van der Waals surface area (Å²) in [5.41, 5.74) is 1.82. The van der Waals surface area contributed by atoms with E-state index < -0.39 is 5.60 Å². The van der Waals surface area contributed by atoms with Crippen molar-refractivity contribution in [2.75, 3.05) is 0 Å². The molecule has 0 radical (unpaired) electrons. The van der Waals surface area contributed by atoms with Crippen LogP contribution in [0.15, 0.2) is 4.60 Å². The highest BCUT2D eigenvalue weighted by Gasteiger charge is 2.24. The molecule has 17 heavy (non-hydrogen) atoms. The summed E-state index contributed by atoms with van der Waals surface area (Å²) in [6.07, 6.45) is 0. The first-order chi connectivity index (χ1) is 7.63. The highest BCUT2D eigenvalue weighted by Crippen LogP contribution is 2.26. The van der Waals surface area contributed by atoms with Crippen molar-refractivity contribution in [3.05, 3.63) is 25.0 Å². The fourth-order valence-electron chi connectivity index (χ4n) is 1.35. The molecule has 0 spiro atoms. The Morgan fingerprint density at radius 3 is 2.35 bits per heavy atom. The first-order valence-corrected chi connectivity index (χ1v) is 7.06. The van der Waals surface area contributed by atoms with Crippen molar-refractivity contribution >= 4 is 44.5 Å². The zero-order valence-electron chi connectivity index (χ0n) is 10.5. The molecular formula is C12H15BrINO2. The van der Waals surface area contributed by atoms with Crippen LogP contribution in [0, 0.1) is 17.4 Å². The number of esters is 1. The van der Waals surface area contributed by atoms with E-state index in [1.165, 1.54) is 0 Å². The number of hydrogen-bond donors (Lipinski definition) is 0. The summed E-state index contributed by atoms with van der Waals surface area (Å²) < 4.78 is 6.90. The van der Waals surface area contributed by atoms with Gasteiger partial charge < -0.3 is 4.74 Å². The van der Waals surface area contributed by atoms with Gasteiger partial charge in [-0.3, -0.25) is 0 Å². The van der Waals surface area contributed by atoms with Gasteiger partial charge in [-0.1, -0.05) is 0 Å². The Bertz CT molecular complexity index is 467. The third-order valence-electron chi connectivity index (χ3n) is 2.10. The SMILES string of the molecule is Cc1nc(Br)c(C(=O)OC(C)(C)C)c(C)c1I. The predicted molar refractivity (Wildman–Crippen MR) is 79.3 cm³/mol. The van der Waals surface area contributed by atoms with Gasteiger partial charge in [0.25, 0.3) is 0 Å². The third kappa shape index (κ3) is 3.64. The zero-order valence-corrected chi connectivity index (χ0v) is 14.3. The Hall–Kier alpha value is -0.170. The van der Waals surface area contributed by atoms with Crippen LogP contribution in [0.2, 0.25) is 0 Å². The Balaban J connectivity index is 3.24. The molecule has 0 aliphatic rings. The van der Waals surface area contributed by atoms with E-state index in [-0.39, 0.29) is 5.97 Å². The molecule has 5 heteroatoms. The predicted octanol–water partition coefficient (Wildman–Crippen LogP) is 4.02. The van der Waals surface area contributed by atoms with E-state index >= 15 is 0 Å². The van der Waals surface area contributed by atoms with Gasteiger partial charge in [-0.25, -0.2) is 9.78 Å². The van der Waals surface area contributed by atoms with Crippen molar-refractivity contribution in [3.8, 4) is 0 Å². The fraction of sp³-hybridized carbons (Fsp3) is 0.500. The Kier molecular flexibility index (Phi) is 4.57. The topological polar surface area (TPSA) is 39.2 Å². The number of carbonyl (C=O) groups is 1. The maximum Gasteiger partial charge on any atom is 0.341 e. The molecule has 0 unspecified atom stereocenters. The number of ether oxygens (including phenoxy) is 1. The minimum atomic E-state index is -0.501. The quantitative estimate of drug-likeness (QED) is 0.398. The molecule has 0 saturated carbocycles. The molecule has 94 valence electrons. The lowest BCUT2D eigenvalue weighted by Crippen LogP contribution is -2.25. The Morgan fingerprint density at radius 1 is 1.35 bits per heavy atom. The average molecular weight is 412 g/mol. The normalized spacial score (nSPS) is 11.5. The van der Waals surface area contributed by atoms with Crippen LogP contribution in [-0.2, 0) is 4.74 Å². The van der Waals surface area contributed by atoms with E-state index in [1.807, 2.05) is 34.6 Å². The van der Waals surface area contributed by atoms with Crippen LogP contribution in [0.25, 0.3) is 0 Å². The molecule has 0 aliphatic heterocycles. The van der Waals surface area contributed by atoms with Gasteiger partial charge in [-0.05, 0) is 78.7 Å². The minimum absolute atomic E-state index is 0.340. The highest BCUT2D eigenvalue weighted by atomic mass is 127. The van der Waals surface area contributed by atoms with E-state index in [0.29, 0.717) is 10.2 Å². The maximum atomic E-state index is 12.1. The number of rotatable bonds is 1. The van der Waals surface area contributed by atoms with Gasteiger partial charge in [0, 0.05) is 3.57 Å². The number of halogens is 2. The van der Waals surface area contributed by atoms with Crippen molar-refractivity contribution < 1.29 is 9.53 Å². The van der Waals surface area contributed by atoms with Crippen molar-refractivity contribution in [1.29, 1.82) is 0 Å². The van der Waals surface area contributed by atoms with Crippen LogP contribution in [0.5, 0.6) is 0 Å². The van der Waals surface area contributed by atoms with Crippen LogP contribution >= 0.6 is 38.5 Å². The van der Waals surface area contributed by atoms with E-state index in [0.717, 1.165) is 14.8 Å². The molecule has 0 saturated heterocycles. The van der Waals surface area contributed by atoms with Crippen molar-refractivity contribution in [3.63, 3.8) is 0 Å². The minimum Gasteiger partial charge on any atom is -0.456 e. The zero-order chi connectivity index (χ0) is 13.4. The second kappa shape index (κ2) is 5.22. The maximum absolute atomic E-state index is 12.1. The summed E-state index contributed by atoms with van der Waals surface area (Å²) >= 11 is 5.52. The number of nitrogens with zero attached hydrogens (tertiary/aromatic N) is 1. The third-order valence-corrected chi connectivity index (χ3v) is 4.26. The summed E-state index contributed by atoms with van der Waals surface area (Å²) in [7, 11) is 0. The number of aromatic nitrogens is 1. The standard InChI is InChI=1S/C12H15BrINO2/c1-6-8(11(16)17-12(3,4)5)10(13)15-7(2)9(6)14/h1-5H3. The number of aryl methyl sites for hydroxylation is 1. The van der Waals surface area contributed by atoms with Crippen LogP contribution in [0.1, 0.15) is 42.4 Å². The molecule has 0 aromatic carbocycles. The lowest BCUT2D eigenvalue weighted by atomic mass is 10.1. The monoisotopic (exact) mass is 411 g/mol. The van der Waals surface area contributed by atoms with Crippen LogP contribution in [-0.4, -0.2) is 16.6 Å². The largest absolute Gasteiger partial charge is 0.456 e. The molecule has 1 rings (SSSR count). The van der Waals surface area contributed by atoms with Gasteiger partial charge in [0.05, 0.1) is 11.3 Å². The van der Waals surface area contributed by atoms with E-state index in [2.05, 4.69) is 43.5 Å². The van der Waals surface area contributed by atoms with Gasteiger partial charge in [-0.2, -0.15) is 0 Å². The van der Waals surface area contributed by atoms with Crippen LogP contribution in [0.3, 0.4) is 0 Å². The first-order valence-electron chi connectivity index (χ1n) is 5.19. The van der Waals surface area contributed by atoms with Gasteiger partial charge in [0.15, 0.2) is 0 Å². The average Bonchev–Trinajstić information content (AvgIpc) is 2.11. The molecule has 0 N–H and O–H groups in total. The molecule has 1 heterocycles. The van der Waals surface area contributed by atoms with Crippen LogP contribution in [0.4, 0.5) is 0 Å². The first kappa shape index (κ1) is 14.9. The lowest BCUT2D eigenvalue weighted by Gasteiger charge is -2.21. The van der Waals surface area contributed by atoms with E-state index in [4.69, 9.17) is 4.74 Å². The molecule has 1 aromatic heterocycles. The summed E-state index contributed by atoms with van der Waals surface area (Å²) in [5.74, 6) is -0.340. The van der Waals surface area contributed by atoms with E-state index in [1.54, 1.807) is 0 Å². The highest BCUT2D eigenvalue weighted by molar-refractivity contribution is 14.1.